The lowest BCUT2D eigenvalue weighted by atomic mass is 10.2. The zero-order valence-corrected chi connectivity index (χ0v) is 7.38. The van der Waals surface area contributed by atoms with Gasteiger partial charge in [0.1, 0.15) is 12.1 Å². The van der Waals surface area contributed by atoms with E-state index in [-0.39, 0.29) is 0 Å². The number of hydrogen-bond acceptors (Lipinski definition) is 3. The summed E-state index contributed by atoms with van der Waals surface area (Å²) in [4.78, 5) is 20.8. The highest BCUT2D eigenvalue weighted by Gasteiger charge is 2.15. The SMILES string of the molecule is CC(C)(C)OC(=O)N[14CH2]C(=O)O. The van der Waals surface area contributed by atoms with Crippen LogP contribution < -0.4 is 5.32 Å². The van der Waals surface area contributed by atoms with E-state index in [0.29, 0.717) is 0 Å². The first-order valence-corrected chi connectivity index (χ1v) is 3.50. The van der Waals surface area contributed by atoms with Gasteiger partial charge in [-0.3, -0.25) is 4.79 Å². The van der Waals surface area contributed by atoms with Crippen LogP contribution in [0.4, 0.5) is 4.79 Å². The second-order valence-corrected chi connectivity index (χ2v) is 3.25. The maximum atomic E-state index is 10.8. The van der Waals surface area contributed by atoms with Gasteiger partial charge in [0, 0.05) is 0 Å². The highest BCUT2D eigenvalue weighted by molar-refractivity contribution is 5.76. The van der Waals surface area contributed by atoms with E-state index in [1.165, 1.54) is 0 Å². The van der Waals surface area contributed by atoms with Crippen molar-refractivity contribution in [1.29, 1.82) is 0 Å². The fraction of sp³-hybridized carbons (Fsp3) is 0.714. The molecule has 0 unspecified atom stereocenters. The van der Waals surface area contributed by atoms with E-state index in [4.69, 9.17) is 9.84 Å². The van der Waals surface area contributed by atoms with Gasteiger partial charge in [-0.2, -0.15) is 0 Å². The predicted octanol–water partition coefficient (Wildman–Crippen LogP) is 0.596. The van der Waals surface area contributed by atoms with Crippen LogP contribution in [-0.4, -0.2) is 29.3 Å². The molecule has 0 aliphatic rings. The first-order valence-electron chi connectivity index (χ1n) is 3.50. The number of hydrogen-bond donors (Lipinski definition) is 2. The number of aliphatic carboxylic acids is 1. The van der Waals surface area contributed by atoms with Gasteiger partial charge in [-0.25, -0.2) is 4.79 Å². The normalized spacial score (nSPS) is 10.6. The molecule has 0 heterocycles. The van der Waals surface area contributed by atoms with Crippen molar-refractivity contribution in [3.63, 3.8) is 0 Å². The Hall–Kier alpha value is -1.26. The van der Waals surface area contributed by atoms with Crippen LogP contribution in [0.1, 0.15) is 20.8 Å². The van der Waals surface area contributed by atoms with Crippen LogP contribution in [0.25, 0.3) is 0 Å². The van der Waals surface area contributed by atoms with Crippen molar-refractivity contribution in [2.45, 2.75) is 26.4 Å². The second-order valence-electron chi connectivity index (χ2n) is 3.25. The minimum absolute atomic E-state index is 0.422. The van der Waals surface area contributed by atoms with Crippen molar-refractivity contribution >= 4 is 12.1 Å². The molecule has 5 heteroatoms. The zero-order chi connectivity index (χ0) is 9.78. The van der Waals surface area contributed by atoms with E-state index >= 15 is 0 Å². The maximum absolute atomic E-state index is 10.8. The van der Waals surface area contributed by atoms with Gasteiger partial charge < -0.3 is 15.2 Å². The van der Waals surface area contributed by atoms with Gasteiger partial charge in [0.05, 0.1) is 0 Å². The molecule has 12 heavy (non-hydrogen) atoms. The number of carboxylic acids is 1. The number of nitrogens with one attached hydrogen (secondary N) is 1. The summed E-state index contributed by atoms with van der Waals surface area (Å²) in [5, 5.41) is 10.3. The maximum Gasteiger partial charge on any atom is 0.408 e. The van der Waals surface area contributed by atoms with Crippen molar-refractivity contribution in [1.82, 2.24) is 5.32 Å². The predicted molar refractivity (Wildman–Crippen MR) is 41.9 cm³/mol. The number of carbonyl (C=O) groups is 2. The van der Waals surface area contributed by atoms with Crippen LogP contribution in [0.2, 0.25) is 0 Å². The molecule has 1 amide bonds. The molecule has 0 saturated heterocycles. The molecule has 0 saturated carbocycles. The first-order chi connectivity index (χ1) is 5.31. The number of ether oxygens (including phenoxy) is 1. The summed E-state index contributed by atoms with van der Waals surface area (Å²) in [5.74, 6) is -1.10. The van der Waals surface area contributed by atoms with Gasteiger partial charge in [-0.1, -0.05) is 0 Å². The van der Waals surface area contributed by atoms with E-state index in [9.17, 15) is 9.59 Å². The van der Waals surface area contributed by atoms with Crippen molar-refractivity contribution in [3.8, 4) is 0 Å². The van der Waals surface area contributed by atoms with Crippen LogP contribution in [0, 0.1) is 0 Å². The van der Waals surface area contributed by atoms with Crippen LogP contribution in [-0.2, 0) is 9.53 Å². The molecule has 0 aliphatic heterocycles. The molecule has 70 valence electrons. The summed E-state index contributed by atoms with van der Waals surface area (Å²) in [5.41, 5.74) is -0.595. The largest absolute Gasteiger partial charge is 0.480 e. The molecular formula is C7H13NO4. The van der Waals surface area contributed by atoms with Gasteiger partial charge in [0.15, 0.2) is 0 Å². The lowest BCUT2D eigenvalue weighted by Crippen LogP contribution is -2.35. The van der Waals surface area contributed by atoms with Gasteiger partial charge in [0.2, 0.25) is 0 Å². The fourth-order valence-corrected chi connectivity index (χ4v) is 0.462. The Morgan fingerprint density at radius 3 is 2.25 bits per heavy atom. The van der Waals surface area contributed by atoms with E-state index < -0.39 is 24.2 Å². The van der Waals surface area contributed by atoms with Gasteiger partial charge in [-0.15, -0.1) is 0 Å². The lowest BCUT2D eigenvalue weighted by Gasteiger charge is -2.19. The smallest absolute Gasteiger partial charge is 0.408 e. The van der Waals surface area contributed by atoms with Crippen molar-refractivity contribution in [2.24, 2.45) is 0 Å². The molecule has 0 aromatic heterocycles. The minimum Gasteiger partial charge on any atom is -0.480 e. The number of carbonyl (C=O) groups excluding carboxylic acids is 1. The molecule has 2 N–H and O–H groups in total. The molecule has 0 aliphatic carbocycles. The monoisotopic (exact) mass is 177 g/mol. The Labute approximate surface area is 70.7 Å². The summed E-state index contributed by atoms with van der Waals surface area (Å²) >= 11 is 0. The van der Waals surface area contributed by atoms with Gasteiger partial charge in [-0.05, 0) is 20.8 Å². The van der Waals surface area contributed by atoms with E-state index in [0.717, 1.165) is 0 Å². The summed E-state index contributed by atoms with van der Waals surface area (Å²) < 4.78 is 4.77. The highest BCUT2D eigenvalue weighted by Crippen LogP contribution is 2.05. The highest BCUT2D eigenvalue weighted by atomic mass is 16.6. The second kappa shape index (κ2) is 3.94. The van der Waals surface area contributed by atoms with Gasteiger partial charge >= 0.3 is 12.1 Å². The number of amides is 1. The third-order valence-electron chi connectivity index (χ3n) is 0.783. The zero-order valence-electron chi connectivity index (χ0n) is 7.38. The van der Waals surface area contributed by atoms with Crippen LogP contribution in [0.3, 0.4) is 0 Å². The van der Waals surface area contributed by atoms with Gasteiger partial charge in [0.25, 0.3) is 0 Å². The van der Waals surface area contributed by atoms with E-state index in [1.807, 2.05) is 0 Å². The average Bonchev–Trinajstić information content (AvgIpc) is 1.79. The average molecular weight is 177 g/mol. The molecular weight excluding hydrogens is 164 g/mol. The first kappa shape index (κ1) is 10.7. The van der Waals surface area contributed by atoms with Crippen LogP contribution >= 0.6 is 0 Å². The fourth-order valence-electron chi connectivity index (χ4n) is 0.462. The molecule has 0 spiro atoms. The van der Waals surface area contributed by atoms with E-state index in [2.05, 4.69) is 5.32 Å². The quantitative estimate of drug-likeness (QED) is 0.647. The minimum atomic E-state index is -1.10. The third-order valence-corrected chi connectivity index (χ3v) is 0.783. The standard InChI is InChI=1S/C7H13NO4/c1-7(2,3)12-6(11)8-4-5(9)10/h4H2,1-3H3,(H,8,11)(H,9,10)/i4+2. The molecule has 0 radical (unpaired) electrons. The van der Waals surface area contributed by atoms with Crippen LogP contribution in [0.15, 0.2) is 0 Å². The molecule has 0 aromatic rings. The summed E-state index contributed by atoms with van der Waals surface area (Å²) in [6.07, 6.45) is -0.718. The molecule has 0 atom stereocenters. The summed E-state index contributed by atoms with van der Waals surface area (Å²) in [7, 11) is 0. The van der Waals surface area contributed by atoms with Crippen molar-refractivity contribution in [2.75, 3.05) is 6.54 Å². The Bertz CT molecular complexity index is 182. The Balaban J connectivity index is 3.68. The molecule has 0 rings (SSSR count). The number of rotatable bonds is 2. The Morgan fingerprint density at radius 2 is 1.92 bits per heavy atom. The number of alkyl carbamates (subject to hydrolysis) is 1. The van der Waals surface area contributed by atoms with Crippen LogP contribution in [0.5, 0.6) is 0 Å². The summed E-state index contributed by atoms with van der Waals surface area (Å²) in [6.45, 7) is 4.68. The topological polar surface area (TPSA) is 75.6 Å². The molecule has 0 fully saturated rings. The molecule has 0 aromatic carbocycles. The number of carboxylic acid groups (broad SMARTS) is 1. The van der Waals surface area contributed by atoms with Crippen molar-refractivity contribution in [3.05, 3.63) is 0 Å². The van der Waals surface area contributed by atoms with E-state index in [1.54, 1.807) is 20.8 Å². The summed E-state index contributed by atoms with van der Waals surface area (Å²) in [6, 6.07) is 0. The Kier molecular flexibility index (Phi) is 3.53. The third kappa shape index (κ3) is 6.85. The lowest BCUT2D eigenvalue weighted by molar-refractivity contribution is -0.136. The Morgan fingerprint density at radius 1 is 1.42 bits per heavy atom. The molecule has 5 nitrogen and oxygen atoms in total. The van der Waals surface area contributed by atoms with Crippen molar-refractivity contribution < 1.29 is 19.4 Å². The molecule has 0 bridgehead atoms.